The first-order valence-corrected chi connectivity index (χ1v) is 9.74. The van der Waals surface area contributed by atoms with Gasteiger partial charge in [0.25, 0.3) is 0 Å². The lowest BCUT2D eigenvalue weighted by molar-refractivity contribution is -0.146. The van der Waals surface area contributed by atoms with Crippen LogP contribution in [0.3, 0.4) is 0 Å². The van der Waals surface area contributed by atoms with Crippen LogP contribution in [0.1, 0.15) is 24.8 Å². The topological polar surface area (TPSA) is 97.1 Å². The summed E-state index contributed by atoms with van der Waals surface area (Å²) in [5, 5.41) is 2.62. The van der Waals surface area contributed by atoms with Gasteiger partial charge in [-0.15, -0.1) is 0 Å². The SMILES string of the molecule is COc1cccc(CN2CCCC3(CCN(CCNC(N)=O)C3)C2=O)c1OC. The van der Waals surface area contributed by atoms with Gasteiger partial charge in [0.1, 0.15) is 0 Å². The number of nitrogens with two attached hydrogens (primary N) is 1. The zero-order valence-corrected chi connectivity index (χ0v) is 16.7. The Morgan fingerprint density at radius 1 is 1.25 bits per heavy atom. The number of nitrogens with zero attached hydrogens (tertiary/aromatic N) is 2. The molecule has 2 fully saturated rings. The Morgan fingerprint density at radius 3 is 2.79 bits per heavy atom. The first kappa shape index (κ1) is 20.3. The number of primary amides is 1. The number of carbonyl (C=O) groups is 2. The van der Waals surface area contributed by atoms with Crippen LogP contribution in [-0.2, 0) is 11.3 Å². The van der Waals surface area contributed by atoms with Crippen LogP contribution in [0.5, 0.6) is 11.5 Å². The van der Waals surface area contributed by atoms with Crippen LogP contribution in [-0.4, -0.2) is 68.7 Å². The maximum absolute atomic E-state index is 13.4. The second-order valence-electron chi connectivity index (χ2n) is 7.58. The third kappa shape index (κ3) is 4.16. The molecule has 1 unspecified atom stereocenters. The minimum Gasteiger partial charge on any atom is -0.493 e. The quantitative estimate of drug-likeness (QED) is 0.729. The van der Waals surface area contributed by atoms with Crippen molar-refractivity contribution in [1.29, 1.82) is 0 Å². The zero-order chi connectivity index (χ0) is 20.1. The van der Waals surface area contributed by atoms with E-state index < -0.39 is 6.03 Å². The number of para-hydroxylation sites is 1. The lowest BCUT2D eigenvalue weighted by Gasteiger charge is -2.39. The molecule has 154 valence electrons. The first-order valence-electron chi connectivity index (χ1n) is 9.74. The Kier molecular flexibility index (Phi) is 6.28. The average Bonchev–Trinajstić information content (AvgIpc) is 3.09. The molecule has 2 saturated heterocycles. The number of benzene rings is 1. The Bertz CT molecular complexity index is 726. The van der Waals surface area contributed by atoms with Crippen LogP contribution in [0, 0.1) is 5.41 Å². The van der Waals surface area contributed by atoms with E-state index >= 15 is 0 Å². The molecular weight excluding hydrogens is 360 g/mol. The number of rotatable bonds is 7. The van der Waals surface area contributed by atoms with Crippen molar-refractivity contribution in [3.63, 3.8) is 0 Å². The van der Waals surface area contributed by atoms with Gasteiger partial charge in [0.05, 0.1) is 19.6 Å². The van der Waals surface area contributed by atoms with Gasteiger partial charge in [-0.3, -0.25) is 4.79 Å². The zero-order valence-electron chi connectivity index (χ0n) is 16.7. The molecule has 3 rings (SSSR count). The molecule has 0 bridgehead atoms. The molecular formula is C20H30N4O4. The van der Waals surface area contributed by atoms with Crippen molar-refractivity contribution < 1.29 is 19.1 Å². The van der Waals surface area contributed by atoms with Crippen molar-refractivity contribution in [3.8, 4) is 11.5 Å². The lowest BCUT2D eigenvalue weighted by Crippen LogP contribution is -2.50. The minimum atomic E-state index is -0.513. The number of amides is 3. The summed E-state index contributed by atoms with van der Waals surface area (Å²) in [6.07, 6.45) is 2.76. The maximum atomic E-state index is 13.4. The van der Waals surface area contributed by atoms with E-state index in [2.05, 4.69) is 10.2 Å². The van der Waals surface area contributed by atoms with Gasteiger partial charge in [0.15, 0.2) is 11.5 Å². The Labute approximate surface area is 165 Å². The fraction of sp³-hybridized carbons (Fsp3) is 0.600. The summed E-state index contributed by atoms with van der Waals surface area (Å²) >= 11 is 0. The van der Waals surface area contributed by atoms with Crippen molar-refractivity contribution in [2.75, 3.05) is 46.9 Å². The van der Waals surface area contributed by atoms with Crippen LogP contribution < -0.4 is 20.5 Å². The largest absolute Gasteiger partial charge is 0.493 e. The van der Waals surface area contributed by atoms with Gasteiger partial charge in [-0.05, 0) is 31.9 Å². The number of methoxy groups -OCH3 is 2. The van der Waals surface area contributed by atoms with Crippen LogP contribution >= 0.6 is 0 Å². The molecule has 1 spiro atoms. The van der Waals surface area contributed by atoms with Gasteiger partial charge in [0.2, 0.25) is 5.91 Å². The summed E-state index contributed by atoms with van der Waals surface area (Å²) in [5.41, 5.74) is 5.75. The minimum absolute atomic E-state index is 0.217. The molecule has 0 aromatic heterocycles. The summed E-state index contributed by atoms with van der Waals surface area (Å²) in [4.78, 5) is 28.4. The Morgan fingerprint density at radius 2 is 2.07 bits per heavy atom. The molecule has 1 aromatic carbocycles. The first-order chi connectivity index (χ1) is 13.5. The van der Waals surface area contributed by atoms with E-state index in [1.165, 1.54) is 0 Å². The number of hydrogen-bond donors (Lipinski definition) is 2. The van der Waals surface area contributed by atoms with Crippen molar-refractivity contribution in [2.24, 2.45) is 11.1 Å². The number of nitrogens with one attached hydrogen (secondary N) is 1. The fourth-order valence-electron chi connectivity index (χ4n) is 4.45. The van der Waals surface area contributed by atoms with Gasteiger partial charge >= 0.3 is 6.03 Å². The molecule has 3 N–H and O–H groups in total. The van der Waals surface area contributed by atoms with E-state index in [0.29, 0.717) is 31.1 Å². The van der Waals surface area contributed by atoms with Crippen LogP contribution in [0.25, 0.3) is 0 Å². The maximum Gasteiger partial charge on any atom is 0.312 e. The molecule has 0 aliphatic carbocycles. The lowest BCUT2D eigenvalue weighted by atomic mass is 9.78. The Balaban J connectivity index is 1.67. The monoisotopic (exact) mass is 390 g/mol. The van der Waals surface area contributed by atoms with Crippen LogP contribution in [0.2, 0.25) is 0 Å². The van der Waals surface area contributed by atoms with E-state index in [4.69, 9.17) is 15.2 Å². The molecule has 2 heterocycles. The highest BCUT2D eigenvalue weighted by atomic mass is 16.5. The predicted molar refractivity (Wildman–Crippen MR) is 105 cm³/mol. The molecule has 0 saturated carbocycles. The number of hydrogen-bond acceptors (Lipinski definition) is 5. The molecule has 2 aliphatic rings. The fourth-order valence-corrected chi connectivity index (χ4v) is 4.45. The smallest absolute Gasteiger partial charge is 0.312 e. The predicted octanol–water partition coefficient (Wildman–Crippen LogP) is 1.19. The summed E-state index contributed by atoms with van der Waals surface area (Å²) in [7, 11) is 3.23. The van der Waals surface area contributed by atoms with Gasteiger partial charge in [-0.1, -0.05) is 12.1 Å². The normalized spacial score (nSPS) is 22.5. The standard InChI is InChI=1S/C20H30N4O4/c1-27-16-6-3-5-15(17(16)28-2)13-24-10-4-7-20(18(24)25)8-11-23(14-20)12-9-22-19(21)26/h3,5-6H,4,7-14H2,1-2H3,(H3,21,22,26). The third-order valence-electron chi connectivity index (χ3n) is 5.83. The van der Waals surface area contributed by atoms with Gasteiger partial charge in [-0.2, -0.15) is 0 Å². The van der Waals surface area contributed by atoms with E-state index in [9.17, 15) is 9.59 Å². The summed E-state index contributed by atoms with van der Waals surface area (Å²) in [5.74, 6) is 1.57. The van der Waals surface area contributed by atoms with E-state index in [1.807, 2.05) is 23.1 Å². The molecule has 1 aromatic rings. The summed E-state index contributed by atoms with van der Waals surface area (Å²) in [6, 6.07) is 5.24. The van der Waals surface area contributed by atoms with Crippen molar-refractivity contribution >= 4 is 11.9 Å². The van der Waals surface area contributed by atoms with Crippen LogP contribution in [0.4, 0.5) is 4.79 Å². The average molecular weight is 390 g/mol. The van der Waals surface area contributed by atoms with Crippen LogP contribution in [0.15, 0.2) is 18.2 Å². The van der Waals surface area contributed by atoms with E-state index in [0.717, 1.165) is 44.5 Å². The van der Waals surface area contributed by atoms with Crippen molar-refractivity contribution in [1.82, 2.24) is 15.1 Å². The second kappa shape index (κ2) is 8.68. The number of ether oxygens (including phenoxy) is 2. The second-order valence-corrected chi connectivity index (χ2v) is 7.58. The summed E-state index contributed by atoms with van der Waals surface area (Å²) in [6.45, 7) is 4.08. The highest BCUT2D eigenvalue weighted by Crippen LogP contribution is 2.41. The molecule has 28 heavy (non-hydrogen) atoms. The summed E-state index contributed by atoms with van der Waals surface area (Å²) < 4.78 is 10.9. The number of piperidine rings is 1. The molecule has 8 heteroatoms. The van der Waals surface area contributed by atoms with E-state index in [1.54, 1.807) is 14.2 Å². The molecule has 0 radical (unpaired) electrons. The van der Waals surface area contributed by atoms with Gasteiger partial charge in [0, 0.05) is 38.3 Å². The van der Waals surface area contributed by atoms with Crippen molar-refractivity contribution in [2.45, 2.75) is 25.8 Å². The van der Waals surface area contributed by atoms with Gasteiger partial charge in [-0.25, -0.2) is 4.79 Å². The third-order valence-corrected chi connectivity index (χ3v) is 5.83. The van der Waals surface area contributed by atoms with E-state index in [-0.39, 0.29) is 11.3 Å². The highest BCUT2D eigenvalue weighted by molar-refractivity contribution is 5.84. The number of likely N-dealkylation sites (tertiary alicyclic amines) is 2. The highest BCUT2D eigenvalue weighted by Gasteiger charge is 2.48. The van der Waals surface area contributed by atoms with Gasteiger partial charge < -0.3 is 30.3 Å². The Hall–Kier alpha value is -2.48. The molecule has 1 atom stereocenters. The number of urea groups is 1. The number of carbonyl (C=O) groups excluding carboxylic acids is 2. The molecule has 3 amide bonds. The molecule has 2 aliphatic heterocycles. The van der Waals surface area contributed by atoms with Crippen molar-refractivity contribution in [3.05, 3.63) is 23.8 Å². The molecule has 8 nitrogen and oxygen atoms in total.